The Morgan fingerprint density at radius 1 is 1.16 bits per heavy atom. The van der Waals surface area contributed by atoms with Gasteiger partial charge in [0.1, 0.15) is 0 Å². The third-order valence-corrected chi connectivity index (χ3v) is 5.60. The van der Waals surface area contributed by atoms with Crippen LogP contribution in [-0.4, -0.2) is 4.98 Å². The minimum atomic E-state index is 0.178. The van der Waals surface area contributed by atoms with Crippen LogP contribution in [0.4, 0.5) is 5.13 Å². The SMILES string of the molecule is CC(Nc1nc2cccc(Cl)c2s1)c1ccc(Cl)s1. The summed E-state index contributed by atoms with van der Waals surface area (Å²) in [6.07, 6.45) is 0. The Balaban J connectivity index is 1.87. The molecule has 2 nitrogen and oxygen atoms in total. The molecule has 0 aliphatic heterocycles. The zero-order valence-corrected chi connectivity index (χ0v) is 13.1. The van der Waals surface area contributed by atoms with Gasteiger partial charge in [-0.05, 0) is 31.2 Å². The van der Waals surface area contributed by atoms with Gasteiger partial charge in [-0.2, -0.15) is 0 Å². The highest BCUT2D eigenvalue weighted by Gasteiger charge is 2.12. The summed E-state index contributed by atoms with van der Waals surface area (Å²) in [6.45, 7) is 2.09. The summed E-state index contributed by atoms with van der Waals surface area (Å²) in [5.74, 6) is 0. The second-order valence-corrected chi connectivity index (χ2v) is 7.27. The van der Waals surface area contributed by atoms with Gasteiger partial charge in [-0.15, -0.1) is 11.3 Å². The summed E-state index contributed by atoms with van der Waals surface area (Å²) in [6, 6.07) is 9.89. The van der Waals surface area contributed by atoms with E-state index in [1.165, 1.54) is 4.88 Å². The van der Waals surface area contributed by atoms with Crippen LogP contribution in [0.25, 0.3) is 10.2 Å². The van der Waals surface area contributed by atoms with E-state index in [4.69, 9.17) is 23.2 Å². The maximum atomic E-state index is 6.15. The second-order valence-electron chi connectivity index (χ2n) is 4.12. The van der Waals surface area contributed by atoms with Crippen LogP contribution in [0.5, 0.6) is 0 Å². The zero-order valence-electron chi connectivity index (χ0n) is 9.98. The van der Waals surface area contributed by atoms with Crippen LogP contribution in [0.3, 0.4) is 0 Å². The van der Waals surface area contributed by atoms with E-state index in [9.17, 15) is 0 Å². The Bertz CT molecular complexity index is 720. The predicted molar refractivity (Wildman–Crippen MR) is 86.0 cm³/mol. The molecule has 3 rings (SSSR count). The van der Waals surface area contributed by atoms with Gasteiger partial charge in [0.2, 0.25) is 0 Å². The number of nitrogens with one attached hydrogen (secondary N) is 1. The third-order valence-electron chi connectivity index (χ3n) is 2.73. The molecule has 1 aromatic carbocycles. The molecule has 2 heterocycles. The summed E-state index contributed by atoms with van der Waals surface area (Å²) in [5, 5.41) is 5.01. The van der Waals surface area contributed by atoms with Crippen molar-refractivity contribution in [3.05, 3.63) is 44.6 Å². The molecule has 0 saturated carbocycles. The van der Waals surface area contributed by atoms with Gasteiger partial charge in [-0.1, -0.05) is 40.6 Å². The average molecular weight is 329 g/mol. The lowest BCUT2D eigenvalue weighted by Crippen LogP contribution is -2.03. The number of nitrogens with zero attached hydrogens (tertiary/aromatic N) is 1. The van der Waals surface area contributed by atoms with Crippen molar-refractivity contribution in [3.8, 4) is 0 Å². The van der Waals surface area contributed by atoms with Crippen molar-refractivity contribution in [2.45, 2.75) is 13.0 Å². The molecule has 1 atom stereocenters. The largest absolute Gasteiger partial charge is 0.354 e. The van der Waals surface area contributed by atoms with Crippen LogP contribution < -0.4 is 5.32 Å². The summed E-state index contributed by atoms with van der Waals surface area (Å²) >= 11 is 15.3. The third kappa shape index (κ3) is 2.72. The first kappa shape index (κ1) is 13.2. The van der Waals surface area contributed by atoms with E-state index in [2.05, 4.69) is 17.2 Å². The summed E-state index contributed by atoms with van der Waals surface area (Å²) < 4.78 is 1.82. The van der Waals surface area contributed by atoms with Crippen LogP contribution >= 0.6 is 45.9 Å². The molecule has 0 saturated heterocycles. The number of anilines is 1. The smallest absolute Gasteiger partial charge is 0.184 e. The van der Waals surface area contributed by atoms with Gasteiger partial charge in [0, 0.05) is 4.88 Å². The predicted octanol–water partition coefficient (Wildman–Crippen LogP) is 5.84. The quantitative estimate of drug-likeness (QED) is 0.653. The maximum Gasteiger partial charge on any atom is 0.184 e. The Morgan fingerprint density at radius 3 is 2.68 bits per heavy atom. The monoisotopic (exact) mass is 328 g/mol. The highest BCUT2D eigenvalue weighted by Crippen LogP contribution is 2.34. The fraction of sp³-hybridized carbons (Fsp3) is 0.154. The minimum Gasteiger partial charge on any atom is -0.354 e. The Hall–Kier alpha value is -0.810. The van der Waals surface area contributed by atoms with E-state index >= 15 is 0 Å². The molecule has 98 valence electrons. The van der Waals surface area contributed by atoms with Gasteiger partial charge in [0.25, 0.3) is 0 Å². The fourth-order valence-corrected chi connectivity index (χ4v) is 4.10. The normalized spacial score (nSPS) is 12.8. The molecular weight excluding hydrogens is 319 g/mol. The number of aromatic nitrogens is 1. The number of fused-ring (bicyclic) bond motifs is 1. The van der Waals surface area contributed by atoms with Gasteiger partial charge in [0.15, 0.2) is 5.13 Å². The van der Waals surface area contributed by atoms with Crippen LogP contribution in [-0.2, 0) is 0 Å². The van der Waals surface area contributed by atoms with E-state index < -0.39 is 0 Å². The summed E-state index contributed by atoms with van der Waals surface area (Å²) in [5.41, 5.74) is 0.927. The molecule has 19 heavy (non-hydrogen) atoms. The van der Waals surface area contributed by atoms with Crippen LogP contribution in [0, 0.1) is 0 Å². The van der Waals surface area contributed by atoms with Crippen molar-refractivity contribution in [3.63, 3.8) is 0 Å². The topological polar surface area (TPSA) is 24.9 Å². The lowest BCUT2D eigenvalue weighted by atomic mass is 10.3. The average Bonchev–Trinajstić information content (AvgIpc) is 2.96. The van der Waals surface area contributed by atoms with E-state index in [1.54, 1.807) is 22.7 Å². The molecule has 0 aliphatic carbocycles. The molecule has 1 N–H and O–H groups in total. The fourth-order valence-electron chi connectivity index (χ4n) is 1.79. The van der Waals surface area contributed by atoms with Gasteiger partial charge in [-0.3, -0.25) is 0 Å². The highest BCUT2D eigenvalue weighted by molar-refractivity contribution is 7.22. The van der Waals surface area contributed by atoms with Crippen LogP contribution in [0.15, 0.2) is 30.3 Å². The lowest BCUT2D eigenvalue weighted by molar-refractivity contribution is 0.905. The zero-order chi connectivity index (χ0) is 13.4. The molecule has 0 aliphatic rings. The Morgan fingerprint density at radius 2 is 2.00 bits per heavy atom. The van der Waals surface area contributed by atoms with Crippen LogP contribution in [0.1, 0.15) is 17.8 Å². The Labute approximate surface area is 129 Å². The minimum absolute atomic E-state index is 0.178. The highest BCUT2D eigenvalue weighted by atomic mass is 35.5. The Kier molecular flexibility index (Phi) is 3.67. The first-order valence-corrected chi connectivity index (χ1v) is 8.09. The molecule has 0 bridgehead atoms. The van der Waals surface area contributed by atoms with E-state index in [1.807, 2.05) is 30.3 Å². The molecule has 2 aromatic heterocycles. The number of thiazole rings is 1. The van der Waals surface area contributed by atoms with Gasteiger partial charge in [0.05, 0.1) is 25.6 Å². The number of hydrogen-bond donors (Lipinski definition) is 1. The first-order chi connectivity index (χ1) is 9.13. The number of halogens is 2. The van der Waals surface area contributed by atoms with Crippen LogP contribution in [0.2, 0.25) is 9.36 Å². The van der Waals surface area contributed by atoms with Gasteiger partial charge < -0.3 is 5.32 Å². The maximum absolute atomic E-state index is 6.15. The molecule has 1 unspecified atom stereocenters. The van der Waals surface area contributed by atoms with Crippen molar-refractivity contribution < 1.29 is 0 Å². The molecule has 3 aromatic rings. The number of hydrogen-bond acceptors (Lipinski definition) is 4. The summed E-state index contributed by atoms with van der Waals surface area (Å²) in [7, 11) is 0. The molecule has 0 amide bonds. The second kappa shape index (κ2) is 5.29. The van der Waals surface area contributed by atoms with Crippen molar-refractivity contribution in [1.29, 1.82) is 0 Å². The standard InChI is InChI=1S/C13H10Cl2N2S2/c1-7(10-5-6-11(15)18-10)16-13-17-9-4-2-3-8(14)12(9)19-13/h2-7H,1H3,(H,16,17). The van der Waals surface area contributed by atoms with Crippen molar-refractivity contribution in [1.82, 2.24) is 4.98 Å². The summed E-state index contributed by atoms with van der Waals surface area (Å²) in [4.78, 5) is 5.73. The van der Waals surface area contributed by atoms with Gasteiger partial charge in [-0.25, -0.2) is 4.98 Å². The van der Waals surface area contributed by atoms with Crippen molar-refractivity contribution in [2.24, 2.45) is 0 Å². The number of thiophene rings is 1. The van der Waals surface area contributed by atoms with E-state index in [0.717, 1.165) is 24.7 Å². The number of benzene rings is 1. The molecule has 0 fully saturated rings. The molecule has 0 radical (unpaired) electrons. The van der Waals surface area contributed by atoms with Crippen molar-refractivity contribution >= 4 is 61.2 Å². The number of rotatable bonds is 3. The van der Waals surface area contributed by atoms with Crippen molar-refractivity contribution in [2.75, 3.05) is 5.32 Å². The first-order valence-electron chi connectivity index (χ1n) is 5.70. The van der Waals surface area contributed by atoms with E-state index in [-0.39, 0.29) is 6.04 Å². The molecule has 0 spiro atoms. The lowest BCUT2D eigenvalue weighted by Gasteiger charge is -2.09. The molecular formula is C13H10Cl2N2S2. The van der Waals surface area contributed by atoms with E-state index in [0.29, 0.717) is 0 Å². The van der Waals surface area contributed by atoms with Gasteiger partial charge >= 0.3 is 0 Å². The molecule has 6 heteroatoms.